The molecule has 0 radical (unpaired) electrons. The maximum Gasteiger partial charge on any atom is 0.312 e. The van der Waals surface area contributed by atoms with Crippen molar-refractivity contribution >= 4 is 17.7 Å². The van der Waals surface area contributed by atoms with E-state index in [9.17, 15) is 14.4 Å². The van der Waals surface area contributed by atoms with E-state index < -0.39 is 11.8 Å². The summed E-state index contributed by atoms with van der Waals surface area (Å²) in [6.07, 6.45) is 1.88. The van der Waals surface area contributed by atoms with Gasteiger partial charge < -0.3 is 25.2 Å². The second kappa shape index (κ2) is 8.43. The van der Waals surface area contributed by atoms with Gasteiger partial charge in [-0.1, -0.05) is 0 Å². The maximum atomic E-state index is 12.2. The van der Waals surface area contributed by atoms with Crippen LogP contribution in [0.3, 0.4) is 0 Å². The lowest BCUT2D eigenvalue weighted by Gasteiger charge is -2.37. The van der Waals surface area contributed by atoms with Crippen molar-refractivity contribution in [1.29, 1.82) is 0 Å². The van der Waals surface area contributed by atoms with Gasteiger partial charge in [0, 0.05) is 38.7 Å². The smallest absolute Gasteiger partial charge is 0.312 e. The molecule has 2 fully saturated rings. The SMILES string of the molecule is CCN1CCN(CC(=O)NCC2(COC)CCNCC2)C(=O)C1=O. The molecule has 3 amide bonds. The minimum atomic E-state index is -0.591. The summed E-state index contributed by atoms with van der Waals surface area (Å²) in [5, 5.41) is 6.23. The maximum absolute atomic E-state index is 12.2. The average Bonchev–Trinajstić information content (AvgIpc) is 2.59. The molecular weight excluding hydrogens is 312 g/mol. The molecule has 0 unspecified atom stereocenters. The first-order valence-corrected chi connectivity index (χ1v) is 8.56. The summed E-state index contributed by atoms with van der Waals surface area (Å²) in [7, 11) is 1.67. The Kier molecular flexibility index (Phi) is 6.56. The van der Waals surface area contributed by atoms with Crippen molar-refractivity contribution in [2.45, 2.75) is 19.8 Å². The van der Waals surface area contributed by atoms with Gasteiger partial charge in [0.05, 0.1) is 6.61 Å². The fourth-order valence-electron chi connectivity index (χ4n) is 3.32. The molecule has 8 heteroatoms. The van der Waals surface area contributed by atoms with Crippen LogP contribution in [0, 0.1) is 5.41 Å². The van der Waals surface area contributed by atoms with Gasteiger partial charge in [-0.05, 0) is 32.9 Å². The van der Waals surface area contributed by atoms with E-state index in [1.165, 1.54) is 9.80 Å². The number of hydrogen-bond acceptors (Lipinski definition) is 5. The summed E-state index contributed by atoms with van der Waals surface area (Å²) < 4.78 is 5.33. The van der Waals surface area contributed by atoms with Gasteiger partial charge in [0.1, 0.15) is 6.54 Å². The lowest BCUT2D eigenvalue weighted by Crippen LogP contribution is -2.56. The molecule has 2 rings (SSSR count). The van der Waals surface area contributed by atoms with Crippen LogP contribution in [0.4, 0.5) is 0 Å². The third kappa shape index (κ3) is 4.45. The van der Waals surface area contributed by atoms with E-state index >= 15 is 0 Å². The molecule has 24 heavy (non-hydrogen) atoms. The lowest BCUT2D eigenvalue weighted by atomic mass is 9.79. The Morgan fingerprint density at radius 3 is 2.46 bits per heavy atom. The third-order valence-corrected chi connectivity index (χ3v) is 4.89. The minimum Gasteiger partial charge on any atom is -0.384 e. The fraction of sp³-hybridized carbons (Fsp3) is 0.812. The van der Waals surface area contributed by atoms with Crippen molar-refractivity contribution in [3.8, 4) is 0 Å². The average molecular weight is 340 g/mol. The molecule has 0 bridgehead atoms. The van der Waals surface area contributed by atoms with E-state index in [2.05, 4.69) is 10.6 Å². The van der Waals surface area contributed by atoms with Gasteiger partial charge in [-0.25, -0.2) is 0 Å². The zero-order chi connectivity index (χ0) is 17.6. The molecule has 2 N–H and O–H groups in total. The number of carbonyl (C=O) groups is 3. The number of nitrogens with one attached hydrogen (secondary N) is 2. The van der Waals surface area contributed by atoms with Gasteiger partial charge in [-0.3, -0.25) is 14.4 Å². The molecule has 0 aromatic carbocycles. The van der Waals surface area contributed by atoms with Gasteiger partial charge in [-0.15, -0.1) is 0 Å². The molecule has 2 aliphatic rings. The number of likely N-dealkylation sites (N-methyl/N-ethyl adjacent to an activating group) is 1. The van der Waals surface area contributed by atoms with Crippen LogP contribution in [0.2, 0.25) is 0 Å². The van der Waals surface area contributed by atoms with Crippen LogP contribution in [-0.2, 0) is 19.1 Å². The number of amides is 3. The second-order valence-electron chi connectivity index (χ2n) is 6.57. The number of carbonyl (C=O) groups excluding carboxylic acids is 3. The highest BCUT2D eigenvalue weighted by atomic mass is 16.5. The predicted molar refractivity (Wildman–Crippen MR) is 88.3 cm³/mol. The number of hydrogen-bond donors (Lipinski definition) is 2. The summed E-state index contributed by atoms with van der Waals surface area (Å²) in [5.41, 5.74) is -0.0591. The Morgan fingerprint density at radius 1 is 1.21 bits per heavy atom. The van der Waals surface area contributed by atoms with Crippen LogP contribution in [-0.4, -0.2) is 87.1 Å². The van der Waals surface area contributed by atoms with Crippen molar-refractivity contribution in [3.63, 3.8) is 0 Å². The monoisotopic (exact) mass is 340 g/mol. The van der Waals surface area contributed by atoms with Crippen LogP contribution in [0.25, 0.3) is 0 Å². The second-order valence-corrected chi connectivity index (χ2v) is 6.57. The first kappa shape index (κ1) is 18.7. The van der Waals surface area contributed by atoms with Crippen LogP contribution in [0.1, 0.15) is 19.8 Å². The highest BCUT2D eigenvalue weighted by Gasteiger charge is 2.34. The van der Waals surface area contributed by atoms with Crippen LogP contribution in [0.5, 0.6) is 0 Å². The quantitative estimate of drug-likeness (QED) is 0.569. The van der Waals surface area contributed by atoms with E-state index in [0.717, 1.165) is 25.9 Å². The minimum absolute atomic E-state index is 0.0591. The molecule has 2 heterocycles. The normalized spacial score (nSPS) is 21.1. The molecule has 2 saturated heterocycles. The van der Waals surface area contributed by atoms with Crippen molar-refractivity contribution in [2.75, 3.05) is 59.5 Å². The van der Waals surface area contributed by atoms with E-state index in [1.54, 1.807) is 7.11 Å². The van der Waals surface area contributed by atoms with E-state index in [-0.39, 0.29) is 17.9 Å². The van der Waals surface area contributed by atoms with Crippen LogP contribution in [0.15, 0.2) is 0 Å². The third-order valence-electron chi connectivity index (χ3n) is 4.89. The summed E-state index contributed by atoms with van der Waals surface area (Å²) >= 11 is 0. The van der Waals surface area contributed by atoms with Crippen molar-refractivity contribution < 1.29 is 19.1 Å². The van der Waals surface area contributed by atoms with E-state index in [4.69, 9.17) is 4.74 Å². The Bertz CT molecular complexity index is 471. The Balaban J connectivity index is 1.84. The Labute approximate surface area is 142 Å². The van der Waals surface area contributed by atoms with Gasteiger partial charge in [0.15, 0.2) is 0 Å². The number of piperazine rings is 1. The van der Waals surface area contributed by atoms with E-state index in [0.29, 0.717) is 32.8 Å². The van der Waals surface area contributed by atoms with Gasteiger partial charge in [0.25, 0.3) is 0 Å². The number of ether oxygens (including phenoxy) is 1. The standard InChI is InChI=1S/C16H28N4O4/c1-3-19-8-9-20(15(23)14(19)22)10-13(21)18-11-16(12-24-2)4-6-17-7-5-16/h17H,3-12H2,1-2H3,(H,18,21). The Hall–Kier alpha value is -1.67. The summed E-state index contributed by atoms with van der Waals surface area (Å²) in [6.45, 7) is 6.10. The Morgan fingerprint density at radius 2 is 1.83 bits per heavy atom. The molecule has 0 atom stereocenters. The zero-order valence-electron chi connectivity index (χ0n) is 14.6. The summed E-state index contributed by atoms with van der Waals surface area (Å²) in [4.78, 5) is 38.9. The largest absolute Gasteiger partial charge is 0.384 e. The van der Waals surface area contributed by atoms with Crippen LogP contribution >= 0.6 is 0 Å². The molecule has 0 aromatic heterocycles. The number of piperidine rings is 1. The predicted octanol–water partition coefficient (Wildman–Crippen LogP) is -1.19. The van der Waals surface area contributed by atoms with Crippen LogP contribution < -0.4 is 10.6 Å². The molecule has 0 aromatic rings. The van der Waals surface area contributed by atoms with Gasteiger partial charge >= 0.3 is 11.8 Å². The lowest BCUT2D eigenvalue weighted by molar-refractivity contribution is -0.156. The van der Waals surface area contributed by atoms with E-state index in [1.807, 2.05) is 6.92 Å². The molecule has 0 aliphatic carbocycles. The molecular formula is C16H28N4O4. The zero-order valence-corrected chi connectivity index (χ0v) is 14.6. The van der Waals surface area contributed by atoms with Crippen molar-refractivity contribution in [3.05, 3.63) is 0 Å². The molecule has 0 spiro atoms. The molecule has 136 valence electrons. The van der Waals surface area contributed by atoms with Gasteiger partial charge in [-0.2, -0.15) is 0 Å². The topological polar surface area (TPSA) is 91.0 Å². The first-order chi connectivity index (χ1) is 11.5. The molecule has 0 saturated carbocycles. The fourth-order valence-corrected chi connectivity index (χ4v) is 3.32. The summed E-state index contributed by atoms with van der Waals surface area (Å²) in [6, 6.07) is 0. The molecule has 8 nitrogen and oxygen atoms in total. The number of methoxy groups -OCH3 is 1. The van der Waals surface area contributed by atoms with Crippen molar-refractivity contribution in [1.82, 2.24) is 20.4 Å². The highest BCUT2D eigenvalue weighted by Crippen LogP contribution is 2.28. The summed E-state index contributed by atoms with van der Waals surface area (Å²) in [5.74, 6) is -1.34. The number of nitrogens with zero attached hydrogens (tertiary/aromatic N) is 2. The van der Waals surface area contributed by atoms with Gasteiger partial charge in [0.2, 0.25) is 5.91 Å². The van der Waals surface area contributed by atoms with Crippen molar-refractivity contribution in [2.24, 2.45) is 5.41 Å². The highest BCUT2D eigenvalue weighted by molar-refractivity contribution is 6.35. The first-order valence-electron chi connectivity index (χ1n) is 8.56. The number of rotatable bonds is 7. The molecule has 2 aliphatic heterocycles.